The molecule has 7 heteroatoms. The summed E-state index contributed by atoms with van der Waals surface area (Å²) in [6.45, 7) is 10.1. The van der Waals surface area contributed by atoms with E-state index in [2.05, 4.69) is 69.8 Å². The molecule has 1 aromatic carbocycles. The van der Waals surface area contributed by atoms with Crippen LogP contribution in [0.1, 0.15) is 47.1 Å². The first-order valence-corrected chi connectivity index (χ1v) is 9.95. The lowest BCUT2D eigenvalue weighted by molar-refractivity contribution is -0.0142. The molecule has 0 amide bonds. The van der Waals surface area contributed by atoms with Gasteiger partial charge in [-0.2, -0.15) is 10.2 Å². The van der Waals surface area contributed by atoms with Crippen LogP contribution in [0.2, 0.25) is 0 Å². The fourth-order valence-corrected chi connectivity index (χ4v) is 3.95. The van der Waals surface area contributed by atoms with Crippen molar-refractivity contribution < 1.29 is 4.74 Å². The largest absolute Gasteiger partial charge is 0.378 e. The van der Waals surface area contributed by atoms with E-state index in [0.29, 0.717) is 6.61 Å². The summed E-state index contributed by atoms with van der Waals surface area (Å²) in [5.74, 6) is 1.78. The van der Waals surface area contributed by atoms with Gasteiger partial charge in [0.15, 0.2) is 0 Å². The zero-order valence-electron chi connectivity index (χ0n) is 16.9. The van der Waals surface area contributed by atoms with Crippen LogP contribution in [0.4, 0.5) is 0 Å². The number of aromatic amines is 1. The molecule has 4 rings (SSSR count). The molecule has 1 atom stereocenters. The maximum Gasteiger partial charge on any atom is 0.150 e. The van der Waals surface area contributed by atoms with Crippen molar-refractivity contribution in [2.75, 3.05) is 19.8 Å². The average molecular weight is 380 g/mol. The molecular weight excluding hydrogens is 352 g/mol. The lowest BCUT2D eigenvalue weighted by atomic mass is 10.0. The van der Waals surface area contributed by atoms with E-state index >= 15 is 0 Å². The van der Waals surface area contributed by atoms with Crippen LogP contribution in [0.3, 0.4) is 0 Å². The molecule has 2 aromatic heterocycles. The number of aryl methyl sites for hydroxylation is 2. The third-order valence-corrected chi connectivity index (χ3v) is 5.43. The molecule has 0 radical (unpaired) electrons. The van der Waals surface area contributed by atoms with E-state index < -0.39 is 0 Å². The molecule has 1 aliphatic heterocycles. The monoisotopic (exact) mass is 380 g/mol. The number of H-pyrrole nitrogens is 1. The summed E-state index contributed by atoms with van der Waals surface area (Å²) in [4.78, 5) is 7.01. The second kappa shape index (κ2) is 8.24. The molecule has 1 aliphatic rings. The summed E-state index contributed by atoms with van der Waals surface area (Å²) in [5.41, 5.74) is 4.80. The number of hydrogen-bond donors (Lipinski definition) is 1. The Kier molecular flexibility index (Phi) is 5.54. The molecule has 1 unspecified atom stereocenters. The van der Waals surface area contributed by atoms with Crippen LogP contribution in [0.5, 0.6) is 0 Å². The minimum Gasteiger partial charge on any atom is -0.378 e. The van der Waals surface area contributed by atoms with Gasteiger partial charge in [0.2, 0.25) is 0 Å². The van der Waals surface area contributed by atoms with Crippen LogP contribution in [0.25, 0.3) is 0 Å². The van der Waals surface area contributed by atoms with E-state index in [0.717, 1.165) is 50.0 Å². The highest BCUT2D eigenvalue weighted by molar-refractivity contribution is 5.30. The highest BCUT2D eigenvalue weighted by atomic mass is 16.5. The Labute approximate surface area is 165 Å². The second-order valence-corrected chi connectivity index (χ2v) is 7.34. The molecule has 3 heterocycles. The number of ether oxygens (including phenoxy) is 1. The maximum absolute atomic E-state index is 5.84. The highest BCUT2D eigenvalue weighted by Crippen LogP contribution is 2.30. The van der Waals surface area contributed by atoms with E-state index in [9.17, 15) is 0 Å². The Morgan fingerprint density at radius 3 is 2.75 bits per heavy atom. The van der Waals surface area contributed by atoms with Crippen LogP contribution in [-0.2, 0) is 24.2 Å². The van der Waals surface area contributed by atoms with Gasteiger partial charge < -0.3 is 4.74 Å². The molecule has 0 aliphatic carbocycles. The Morgan fingerprint density at radius 2 is 2.00 bits per heavy atom. The molecule has 0 saturated carbocycles. The molecule has 0 spiro atoms. The van der Waals surface area contributed by atoms with E-state index in [4.69, 9.17) is 9.84 Å². The summed E-state index contributed by atoms with van der Waals surface area (Å²) >= 11 is 0. The van der Waals surface area contributed by atoms with Crippen molar-refractivity contribution in [3.8, 4) is 0 Å². The first-order valence-electron chi connectivity index (χ1n) is 9.95. The van der Waals surface area contributed by atoms with Crippen LogP contribution in [0, 0.1) is 13.8 Å². The van der Waals surface area contributed by atoms with Crippen LogP contribution in [0.15, 0.2) is 30.3 Å². The van der Waals surface area contributed by atoms with Gasteiger partial charge in [0.1, 0.15) is 11.6 Å². The lowest BCUT2D eigenvalue weighted by Crippen LogP contribution is -2.39. The third-order valence-electron chi connectivity index (χ3n) is 5.43. The quantitative estimate of drug-likeness (QED) is 0.712. The predicted molar refractivity (Wildman–Crippen MR) is 107 cm³/mol. The van der Waals surface area contributed by atoms with Gasteiger partial charge in [-0.15, -0.1) is 0 Å². The summed E-state index contributed by atoms with van der Waals surface area (Å²) in [5, 5.41) is 12.2. The smallest absolute Gasteiger partial charge is 0.150 e. The number of morpholine rings is 1. The Hall–Kier alpha value is -2.51. The van der Waals surface area contributed by atoms with E-state index in [-0.39, 0.29) is 6.04 Å². The van der Waals surface area contributed by atoms with Gasteiger partial charge >= 0.3 is 0 Å². The molecular formula is C21H28N6O. The summed E-state index contributed by atoms with van der Waals surface area (Å²) in [7, 11) is 0. The van der Waals surface area contributed by atoms with Crippen LogP contribution < -0.4 is 0 Å². The zero-order chi connectivity index (χ0) is 19.5. The topological polar surface area (TPSA) is 71.9 Å². The molecule has 0 bridgehead atoms. The standard InChI is InChI=1S/C21H28N6O/c1-4-19-22-20(24-23-19)13-26-10-11-28-14-18(26)21-15(2)25-27(16(21)3)12-17-8-6-5-7-9-17/h5-9,18H,4,10-14H2,1-3H3,(H,22,23,24). The van der Waals surface area contributed by atoms with E-state index in [1.807, 2.05) is 6.07 Å². The number of nitrogens with one attached hydrogen (secondary N) is 1. The molecule has 1 N–H and O–H groups in total. The minimum absolute atomic E-state index is 0.174. The predicted octanol–water partition coefficient (Wildman–Crippen LogP) is 2.80. The zero-order valence-corrected chi connectivity index (χ0v) is 16.9. The summed E-state index contributed by atoms with van der Waals surface area (Å²) in [6, 6.07) is 10.6. The van der Waals surface area contributed by atoms with Crippen LogP contribution >= 0.6 is 0 Å². The van der Waals surface area contributed by atoms with Crippen molar-refractivity contribution in [2.45, 2.75) is 46.3 Å². The molecule has 1 fully saturated rings. The third kappa shape index (κ3) is 3.86. The number of hydrogen-bond acceptors (Lipinski definition) is 5. The SMILES string of the molecule is CCc1n[nH]c(CN2CCOCC2c2c(C)nn(Cc3ccccc3)c2C)n1. The molecule has 7 nitrogen and oxygen atoms in total. The maximum atomic E-state index is 5.84. The minimum atomic E-state index is 0.174. The first-order chi connectivity index (χ1) is 13.7. The Morgan fingerprint density at radius 1 is 1.18 bits per heavy atom. The summed E-state index contributed by atoms with van der Waals surface area (Å²) < 4.78 is 7.95. The summed E-state index contributed by atoms with van der Waals surface area (Å²) in [6.07, 6.45) is 0.841. The molecule has 1 saturated heterocycles. The highest BCUT2D eigenvalue weighted by Gasteiger charge is 2.30. The lowest BCUT2D eigenvalue weighted by Gasteiger charge is -2.35. The van der Waals surface area contributed by atoms with Crippen LogP contribution in [-0.4, -0.2) is 49.6 Å². The van der Waals surface area contributed by atoms with Gasteiger partial charge in [0.05, 0.1) is 38.0 Å². The number of nitrogens with zero attached hydrogens (tertiary/aromatic N) is 5. The number of benzene rings is 1. The van der Waals surface area contributed by atoms with Gasteiger partial charge in [-0.1, -0.05) is 37.3 Å². The Balaban J connectivity index is 1.58. The van der Waals surface area contributed by atoms with Crippen molar-refractivity contribution in [3.63, 3.8) is 0 Å². The normalized spacial score (nSPS) is 17.9. The number of aromatic nitrogens is 5. The van der Waals surface area contributed by atoms with Gasteiger partial charge in [-0.05, 0) is 19.4 Å². The van der Waals surface area contributed by atoms with Crippen molar-refractivity contribution in [1.29, 1.82) is 0 Å². The molecule has 28 heavy (non-hydrogen) atoms. The average Bonchev–Trinajstić information content (AvgIpc) is 3.27. The van der Waals surface area contributed by atoms with Crippen molar-refractivity contribution >= 4 is 0 Å². The van der Waals surface area contributed by atoms with Gasteiger partial charge in [-0.25, -0.2) is 4.98 Å². The second-order valence-electron chi connectivity index (χ2n) is 7.34. The van der Waals surface area contributed by atoms with E-state index in [1.54, 1.807) is 0 Å². The fourth-order valence-electron chi connectivity index (χ4n) is 3.95. The van der Waals surface area contributed by atoms with Crippen molar-refractivity contribution in [1.82, 2.24) is 29.9 Å². The molecule has 3 aromatic rings. The van der Waals surface area contributed by atoms with Crippen molar-refractivity contribution in [2.24, 2.45) is 0 Å². The van der Waals surface area contributed by atoms with E-state index in [1.165, 1.54) is 16.8 Å². The Bertz CT molecular complexity index is 916. The molecule has 148 valence electrons. The van der Waals surface area contributed by atoms with Gasteiger partial charge in [0.25, 0.3) is 0 Å². The number of rotatable bonds is 6. The van der Waals surface area contributed by atoms with Gasteiger partial charge in [0, 0.05) is 24.2 Å². The first kappa shape index (κ1) is 18.8. The fraction of sp³-hybridized carbons (Fsp3) is 0.476. The van der Waals surface area contributed by atoms with Gasteiger partial charge in [-0.3, -0.25) is 14.7 Å². The van der Waals surface area contributed by atoms with Crippen molar-refractivity contribution in [3.05, 3.63) is 64.5 Å².